The number of aromatic nitrogens is 1. The first-order chi connectivity index (χ1) is 15.5. The third-order valence-corrected chi connectivity index (χ3v) is 4.64. The maximum atomic E-state index is 12.9. The summed E-state index contributed by atoms with van der Waals surface area (Å²) in [5.74, 6) is -3.77. The number of hydrogen-bond acceptors (Lipinski definition) is 5. The first-order valence-corrected chi connectivity index (χ1v) is 9.89. The second-order valence-corrected chi connectivity index (χ2v) is 7.26. The Hall–Kier alpha value is -3.25. The van der Waals surface area contributed by atoms with Crippen LogP contribution < -0.4 is 16.0 Å². The van der Waals surface area contributed by atoms with Gasteiger partial charge in [-0.2, -0.15) is 13.2 Å². The minimum Gasteiger partial charge on any atom is -0.475 e. The van der Waals surface area contributed by atoms with Gasteiger partial charge in [-0.1, -0.05) is 11.6 Å². The number of carbonyl (C=O) groups is 3. The molecule has 3 rings (SSSR count). The third kappa shape index (κ3) is 8.31. The summed E-state index contributed by atoms with van der Waals surface area (Å²) >= 11 is 6.00. The van der Waals surface area contributed by atoms with Gasteiger partial charge in [0.25, 0.3) is 5.91 Å². The molecule has 1 aromatic carbocycles. The minimum absolute atomic E-state index is 0.0957. The number of amides is 2. The van der Waals surface area contributed by atoms with Crippen molar-refractivity contribution in [3.63, 3.8) is 0 Å². The van der Waals surface area contributed by atoms with Gasteiger partial charge in [0.2, 0.25) is 5.91 Å². The predicted octanol–water partition coefficient (Wildman–Crippen LogP) is 3.70. The molecule has 0 unspecified atom stereocenters. The van der Waals surface area contributed by atoms with E-state index in [0.717, 1.165) is 32.1 Å². The lowest BCUT2D eigenvalue weighted by Gasteiger charge is -2.22. The van der Waals surface area contributed by atoms with Crippen LogP contribution in [0.15, 0.2) is 36.5 Å². The van der Waals surface area contributed by atoms with Crippen LogP contribution in [-0.4, -0.2) is 47.1 Å². The molecule has 1 aromatic heterocycles. The van der Waals surface area contributed by atoms with Crippen LogP contribution in [0, 0.1) is 11.7 Å². The van der Waals surface area contributed by atoms with E-state index in [4.69, 9.17) is 21.5 Å². The zero-order valence-electron chi connectivity index (χ0n) is 16.9. The molecule has 2 heterocycles. The van der Waals surface area contributed by atoms with Gasteiger partial charge in [0.05, 0.1) is 17.4 Å². The van der Waals surface area contributed by atoms with Crippen molar-refractivity contribution in [2.24, 2.45) is 5.92 Å². The van der Waals surface area contributed by atoms with Gasteiger partial charge in [-0.3, -0.25) is 9.59 Å². The van der Waals surface area contributed by atoms with Crippen LogP contribution in [0.3, 0.4) is 0 Å². The number of carboxylic acid groups (broad SMARTS) is 1. The van der Waals surface area contributed by atoms with Crippen molar-refractivity contribution >= 4 is 40.9 Å². The van der Waals surface area contributed by atoms with E-state index in [1.54, 1.807) is 12.1 Å². The third-order valence-electron chi connectivity index (χ3n) is 4.41. The van der Waals surface area contributed by atoms with Gasteiger partial charge in [-0.15, -0.1) is 0 Å². The predicted molar refractivity (Wildman–Crippen MR) is 112 cm³/mol. The van der Waals surface area contributed by atoms with Gasteiger partial charge in [0.15, 0.2) is 0 Å². The topological polar surface area (TPSA) is 120 Å². The molecule has 4 N–H and O–H groups in total. The van der Waals surface area contributed by atoms with Crippen molar-refractivity contribution in [1.29, 1.82) is 0 Å². The van der Waals surface area contributed by atoms with E-state index in [1.807, 2.05) is 0 Å². The Morgan fingerprint density at radius 2 is 1.73 bits per heavy atom. The van der Waals surface area contributed by atoms with Crippen molar-refractivity contribution in [1.82, 2.24) is 10.3 Å². The van der Waals surface area contributed by atoms with Gasteiger partial charge in [0, 0.05) is 10.9 Å². The fourth-order valence-electron chi connectivity index (χ4n) is 2.77. The van der Waals surface area contributed by atoms with Gasteiger partial charge < -0.3 is 21.1 Å². The Balaban J connectivity index is 0.000000479. The Morgan fingerprint density at radius 3 is 2.27 bits per heavy atom. The highest BCUT2D eigenvalue weighted by molar-refractivity contribution is 6.31. The highest BCUT2D eigenvalue weighted by atomic mass is 35.5. The average Bonchev–Trinajstić information content (AvgIpc) is 2.77. The molecule has 33 heavy (non-hydrogen) atoms. The van der Waals surface area contributed by atoms with Crippen LogP contribution in [0.25, 0.3) is 0 Å². The molecule has 2 aromatic rings. The summed E-state index contributed by atoms with van der Waals surface area (Å²) in [5, 5.41) is 16.1. The number of carbonyl (C=O) groups excluding carboxylic acids is 2. The molecule has 0 bridgehead atoms. The van der Waals surface area contributed by atoms with Gasteiger partial charge >= 0.3 is 12.1 Å². The maximum Gasteiger partial charge on any atom is 0.490 e. The fraction of sp³-hybridized carbons (Fsp3) is 0.300. The molecule has 1 saturated heterocycles. The summed E-state index contributed by atoms with van der Waals surface area (Å²) < 4.78 is 44.7. The van der Waals surface area contributed by atoms with E-state index < -0.39 is 23.9 Å². The number of pyridine rings is 1. The van der Waals surface area contributed by atoms with Crippen LogP contribution in [0.5, 0.6) is 0 Å². The first-order valence-electron chi connectivity index (χ1n) is 9.51. The number of anilines is 2. The molecule has 1 aliphatic heterocycles. The quantitative estimate of drug-likeness (QED) is 0.485. The fourth-order valence-corrected chi connectivity index (χ4v) is 2.94. The molecule has 0 atom stereocenters. The van der Waals surface area contributed by atoms with E-state index >= 15 is 0 Å². The maximum absolute atomic E-state index is 12.9. The number of aliphatic carboxylic acids is 1. The summed E-state index contributed by atoms with van der Waals surface area (Å²) in [7, 11) is 0. The molecule has 13 heteroatoms. The monoisotopic (exact) mass is 490 g/mol. The summed E-state index contributed by atoms with van der Waals surface area (Å²) in [4.78, 5) is 37.7. The van der Waals surface area contributed by atoms with E-state index in [2.05, 4.69) is 20.9 Å². The molecular weight excluding hydrogens is 472 g/mol. The smallest absolute Gasteiger partial charge is 0.475 e. The van der Waals surface area contributed by atoms with Crippen molar-refractivity contribution in [2.45, 2.75) is 19.0 Å². The second-order valence-electron chi connectivity index (χ2n) is 6.82. The number of nitrogens with zero attached hydrogens (tertiary/aromatic N) is 1. The van der Waals surface area contributed by atoms with Crippen LogP contribution in [0.4, 0.5) is 29.1 Å². The summed E-state index contributed by atoms with van der Waals surface area (Å²) in [6.07, 6.45) is -2.58. The number of rotatable bonds is 4. The zero-order valence-corrected chi connectivity index (χ0v) is 17.6. The summed E-state index contributed by atoms with van der Waals surface area (Å²) in [6.45, 7) is 1.59. The van der Waals surface area contributed by atoms with Crippen LogP contribution in [-0.2, 0) is 9.59 Å². The number of hydrogen-bond donors (Lipinski definition) is 4. The second kappa shape index (κ2) is 11.6. The van der Waals surface area contributed by atoms with Gasteiger partial charge in [0.1, 0.15) is 11.6 Å². The summed E-state index contributed by atoms with van der Waals surface area (Å²) in [6, 6.07) is 7.21. The number of nitrogens with one attached hydrogen (secondary N) is 3. The molecule has 1 aliphatic rings. The van der Waals surface area contributed by atoms with E-state index in [1.165, 1.54) is 18.2 Å². The largest absolute Gasteiger partial charge is 0.490 e. The van der Waals surface area contributed by atoms with Gasteiger partial charge in [-0.05, 0) is 56.3 Å². The number of piperidine rings is 1. The SMILES string of the molecule is O=C(Nc1ccc(F)cn1)c1cc(Cl)ccc1NC(=O)C1CCNCC1.O=C(O)C(F)(F)F. The Kier molecular flexibility index (Phi) is 9.12. The molecule has 1 fully saturated rings. The Labute approximate surface area is 190 Å². The Bertz CT molecular complexity index is 997. The van der Waals surface area contributed by atoms with E-state index in [0.29, 0.717) is 10.7 Å². The lowest BCUT2D eigenvalue weighted by Crippen LogP contribution is -2.35. The molecule has 0 radical (unpaired) electrons. The molecule has 0 spiro atoms. The standard InChI is InChI=1S/C18H18ClFN4O2.C2HF3O2/c19-12-1-3-15(23-17(25)11-5-7-21-8-6-11)14(9-12)18(26)24-16-4-2-13(20)10-22-16;3-2(4,5)1(6)7/h1-4,9-11,21H,5-8H2,(H,23,25)(H,22,24,26);(H,6,7). The van der Waals surface area contributed by atoms with Crippen molar-refractivity contribution < 1.29 is 37.1 Å². The zero-order chi connectivity index (χ0) is 24.6. The molecule has 2 amide bonds. The number of carboxylic acids is 1. The average molecular weight is 491 g/mol. The van der Waals surface area contributed by atoms with E-state index in [9.17, 15) is 27.2 Å². The molecular formula is C20H19ClF4N4O4. The number of halogens is 5. The highest BCUT2D eigenvalue weighted by Gasteiger charge is 2.38. The van der Waals surface area contributed by atoms with Crippen LogP contribution >= 0.6 is 11.6 Å². The highest BCUT2D eigenvalue weighted by Crippen LogP contribution is 2.24. The lowest BCUT2D eigenvalue weighted by molar-refractivity contribution is -0.192. The molecule has 178 valence electrons. The lowest BCUT2D eigenvalue weighted by atomic mass is 9.97. The minimum atomic E-state index is -5.08. The normalized spacial score (nSPS) is 14.0. The molecule has 0 aliphatic carbocycles. The van der Waals surface area contributed by atoms with Crippen LogP contribution in [0.2, 0.25) is 5.02 Å². The molecule has 0 saturated carbocycles. The van der Waals surface area contributed by atoms with Crippen LogP contribution in [0.1, 0.15) is 23.2 Å². The van der Waals surface area contributed by atoms with Crippen molar-refractivity contribution in [3.8, 4) is 0 Å². The summed E-state index contributed by atoms with van der Waals surface area (Å²) in [5.41, 5.74) is 0.587. The van der Waals surface area contributed by atoms with Gasteiger partial charge in [-0.25, -0.2) is 14.2 Å². The van der Waals surface area contributed by atoms with E-state index in [-0.39, 0.29) is 23.2 Å². The number of benzene rings is 1. The number of alkyl halides is 3. The van der Waals surface area contributed by atoms with Crippen molar-refractivity contribution in [3.05, 3.63) is 52.9 Å². The first kappa shape index (κ1) is 26.0. The van der Waals surface area contributed by atoms with Crippen molar-refractivity contribution in [2.75, 3.05) is 23.7 Å². The Morgan fingerprint density at radius 1 is 1.09 bits per heavy atom. The molecule has 8 nitrogen and oxygen atoms in total.